The molecule has 0 saturated carbocycles. The molecule has 0 radical (unpaired) electrons. The van der Waals surface area contributed by atoms with Crippen LogP contribution in [0.4, 0.5) is 0 Å². The number of hydrogen-bond acceptors (Lipinski definition) is 3. The van der Waals surface area contributed by atoms with E-state index in [1.807, 2.05) is 60.7 Å². The summed E-state index contributed by atoms with van der Waals surface area (Å²) in [5, 5.41) is 0.492. The molecule has 0 atom stereocenters. The molecule has 0 fully saturated rings. The number of fused-ring (bicyclic) bond motifs is 6. The first kappa shape index (κ1) is 15.6. The molecule has 0 unspecified atom stereocenters. The molecule has 8 aromatic rings. The molecule has 208 valence electrons. The molecule has 5 aromatic carbocycles. The Kier molecular flexibility index (Phi) is 3.53. The summed E-state index contributed by atoms with van der Waals surface area (Å²) in [5.41, 5.74) is 2.30. The van der Waals surface area contributed by atoms with Gasteiger partial charge in [0.05, 0.1) is 38.9 Å². The molecule has 0 amide bonds. The number of benzene rings is 5. The van der Waals surface area contributed by atoms with Crippen molar-refractivity contribution in [3.8, 4) is 28.2 Å². The summed E-state index contributed by atoms with van der Waals surface area (Å²) < 4.78 is 113. The third kappa shape index (κ3) is 3.92. The zero-order valence-corrected chi connectivity index (χ0v) is 23.0. The van der Waals surface area contributed by atoms with Crippen molar-refractivity contribution in [2.45, 2.75) is 12.8 Å². The molecular weight excluding hydrogens is 538 g/mol. The molecule has 3 aromatic heterocycles. The van der Waals surface area contributed by atoms with Gasteiger partial charge in [0.1, 0.15) is 11.3 Å². The van der Waals surface area contributed by atoms with Crippen LogP contribution < -0.4 is 0 Å². The Morgan fingerprint density at radius 3 is 2.32 bits per heavy atom. The van der Waals surface area contributed by atoms with Gasteiger partial charge in [0.2, 0.25) is 0 Å². The number of aryl methyl sites for hydroxylation is 1. The van der Waals surface area contributed by atoms with Crippen LogP contribution in [0.3, 0.4) is 0 Å². The monoisotopic (exact) mass is 577 g/mol. The van der Waals surface area contributed by atoms with Crippen molar-refractivity contribution >= 4 is 38.3 Å². The van der Waals surface area contributed by atoms with Crippen molar-refractivity contribution in [1.29, 1.82) is 0 Å². The third-order valence-corrected chi connectivity index (χ3v) is 7.82. The van der Waals surface area contributed by atoms with Crippen molar-refractivity contribution in [3.63, 3.8) is 0 Å². The first-order valence-electron chi connectivity index (χ1n) is 20.1. The lowest BCUT2D eigenvalue weighted by atomic mass is 9.93. The van der Waals surface area contributed by atoms with Crippen LogP contribution in [-0.4, -0.2) is 14.5 Å². The maximum Gasteiger partial charge on any atom is 0.160 e. The van der Waals surface area contributed by atoms with Gasteiger partial charge in [-0.2, -0.15) is 0 Å². The van der Waals surface area contributed by atoms with Crippen LogP contribution in [0, 0.1) is 0 Å². The van der Waals surface area contributed by atoms with Crippen molar-refractivity contribution in [2.24, 2.45) is 0 Å². The fourth-order valence-corrected chi connectivity index (χ4v) is 5.89. The number of rotatable bonds is 4. The molecule has 0 N–H and O–H groups in total. The summed E-state index contributed by atoms with van der Waals surface area (Å²) in [7, 11) is 0. The molecule has 4 nitrogen and oxygen atoms in total. The Balaban J connectivity index is 1.41. The zero-order chi connectivity index (χ0) is 39.5. The minimum absolute atomic E-state index is 0.102. The highest BCUT2D eigenvalue weighted by Crippen LogP contribution is 2.40. The summed E-state index contributed by atoms with van der Waals surface area (Å²) in [6.07, 6.45) is 3.32. The summed E-state index contributed by atoms with van der Waals surface area (Å²) in [4.78, 5) is 9.93. The van der Waals surface area contributed by atoms with Crippen LogP contribution in [-0.2, 0) is 6.42 Å². The summed E-state index contributed by atoms with van der Waals surface area (Å²) >= 11 is 0. The van der Waals surface area contributed by atoms with Crippen molar-refractivity contribution in [3.05, 3.63) is 156 Å². The lowest BCUT2D eigenvalue weighted by Crippen LogP contribution is -2.04. The first-order valence-corrected chi connectivity index (χ1v) is 14.1. The van der Waals surface area contributed by atoms with Gasteiger partial charge in [0.25, 0.3) is 0 Å². The van der Waals surface area contributed by atoms with Gasteiger partial charge in [0.15, 0.2) is 5.82 Å². The topological polar surface area (TPSA) is 43.9 Å². The molecule has 0 spiro atoms. The van der Waals surface area contributed by atoms with E-state index >= 15 is 0 Å². The lowest BCUT2D eigenvalue weighted by molar-refractivity contribution is 0.545. The number of aromatic nitrogens is 3. The second kappa shape index (κ2) is 9.92. The molecule has 3 heterocycles. The minimum Gasteiger partial charge on any atom is -0.460 e. The molecule has 9 rings (SSSR count). The lowest BCUT2D eigenvalue weighted by Gasteiger charge is -2.15. The SMILES string of the molecule is [2H]c1c([2H])c([2H])c(-n2c3c([2H])c([2H])c([2H])c([2H])c3c3c([2H])c(-c4cc(-c5ccccc5)nc(C5=CCCc6oc7ccccc7c65)n4)c([2H])c([2H])c32)c([2H])c1[2H]. The van der Waals surface area contributed by atoms with E-state index in [2.05, 4.69) is 0 Å². The number of furan rings is 1. The van der Waals surface area contributed by atoms with Gasteiger partial charge in [-0.3, -0.25) is 0 Å². The normalized spacial score (nSPS) is 16.8. The van der Waals surface area contributed by atoms with Gasteiger partial charge in [-0.1, -0.05) is 96.9 Å². The average Bonchev–Trinajstić information content (AvgIpc) is 3.77. The minimum atomic E-state index is -0.704. The second-order valence-corrected chi connectivity index (χ2v) is 10.4. The molecule has 0 bridgehead atoms. The Morgan fingerprint density at radius 1 is 0.682 bits per heavy atom. The number of nitrogens with zero attached hydrogens (tertiary/aromatic N) is 3. The molecule has 0 saturated heterocycles. The highest BCUT2D eigenvalue weighted by molar-refractivity contribution is 6.10. The largest absolute Gasteiger partial charge is 0.460 e. The Labute approximate surface area is 271 Å². The van der Waals surface area contributed by atoms with Crippen LogP contribution in [0.1, 0.15) is 40.0 Å². The molecule has 1 aliphatic rings. The maximum absolute atomic E-state index is 9.72. The van der Waals surface area contributed by atoms with E-state index in [1.165, 1.54) is 0 Å². The third-order valence-electron chi connectivity index (χ3n) is 7.82. The van der Waals surface area contributed by atoms with Crippen molar-refractivity contribution in [1.82, 2.24) is 14.5 Å². The summed E-state index contributed by atoms with van der Waals surface area (Å²) in [5.74, 6) is 1.05. The first-order chi connectivity index (χ1) is 26.8. The van der Waals surface area contributed by atoms with E-state index in [4.69, 9.17) is 26.7 Å². The quantitative estimate of drug-likeness (QED) is 0.209. The van der Waals surface area contributed by atoms with Crippen LogP contribution in [0.2, 0.25) is 0 Å². The van der Waals surface area contributed by atoms with Crippen LogP contribution in [0.5, 0.6) is 0 Å². The Hall–Kier alpha value is -5.74. The maximum atomic E-state index is 9.72. The average molecular weight is 578 g/mol. The summed E-state index contributed by atoms with van der Waals surface area (Å²) in [6, 6.07) is 11.1. The summed E-state index contributed by atoms with van der Waals surface area (Å²) in [6.45, 7) is 0. The van der Waals surface area contributed by atoms with Gasteiger partial charge in [-0.05, 0) is 48.8 Å². The van der Waals surface area contributed by atoms with Gasteiger partial charge in [0, 0.05) is 50.5 Å². The Bertz CT molecular complexity index is 3030. The second-order valence-electron chi connectivity index (χ2n) is 10.4. The molecule has 4 heteroatoms. The highest BCUT2D eigenvalue weighted by Gasteiger charge is 2.24. The fraction of sp³-hybridized carbons (Fsp3) is 0.0500. The van der Waals surface area contributed by atoms with E-state index in [9.17, 15) is 4.11 Å². The van der Waals surface area contributed by atoms with Gasteiger partial charge in [-0.25, -0.2) is 9.97 Å². The predicted molar refractivity (Wildman–Crippen MR) is 179 cm³/mol. The smallest absolute Gasteiger partial charge is 0.160 e. The molecule has 1 aliphatic carbocycles. The highest BCUT2D eigenvalue weighted by atomic mass is 16.3. The van der Waals surface area contributed by atoms with E-state index in [0.29, 0.717) is 35.3 Å². The zero-order valence-electron chi connectivity index (χ0n) is 35.0. The van der Waals surface area contributed by atoms with Crippen LogP contribution >= 0.6 is 0 Å². The predicted octanol–water partition coefficient (Wildman–Crippen LogP) is 10.0. The van der Waals surface area contributed by atoms with Crippen LogP contribution in [0.25, 0.3) is 66.6 Å². The number of para-hydroxylation sites is 3. The van der Waals surface area contributed by atoms with E-state index in [-0.39, 0.29) is 38.9 Å². The van der Waals surface area contributed by atoms with E-state index < -0.39 is 78.2 Å². The molecular formula is C40H27N3O. The van der Waals surface area contributed by atoms with E-state index in [1.54, 1.807) is 6.07 Å². The number of allylic oxidation sites excluding steroid dienone is 1. The van der Waals surface area contributed by atoms with Gasteiger partial charge >= 0.3 is 0 Å². The van der Waals surface area contributed by atoms with Gasteiger partial charge < -0.3 is 8.98 Å². The fourth-order valence-electron chi connectivity index (χ4n) is 5.89. The van der Waals surface area contributed by atoms with Gasteiger partial charge in [-0.15, -0.1) is 0 Å². The van der Waals surface area contributed by atoms with Crippen molar-refractivity contribution in [2.75, 3.05) is 0 Å². The van der Waals surface area contributed by atoms with Crippen LogP contribution in [0.15, 0.2) is 144 Å². The Morgan fingerprint density at radius 2 is 1.43 bits per heavy atom. The molecule has 0 aliphatic heterocycles. The number of hydrogen-bond donors (Lipinski definition) is 0. The van der Waals surface area contributed by atoms with E-state index in [0.717, 1.165) is 21.3 Å². The standard InChI is InChI=1S/C40H27N3O/c1-3-12-26(13-4-1)33-25-34(42-40(41-33)31-18-11-21-38-39(31)30-17-8-10-20-37(30)44-38)27-22-23-36-32(24-27)29-16-7-9-19-35(29)43(36)28-14-5-2-6-15-28/h1-10,12-20,22-25H,11,21H2/i2D,5D,6D,7D,9D,14D,15D,16D,19D,22D,23D,24D. The van der Waals surface area contributed by atoms with Crippen molar-refractivity contribution < 1.29 is 20.9 Å². The molecule has 44 heavy (non-hydrogen) atoms.